The van der Waals surface area contributed by atoms with Gasteiger partial charge in [0.25, 0.3) is 5.91 Å². The van der Waals surface area contributed by atoms with Gasteiger partial charge in [-0.3, -0.25) is 4.79 Å². The second kappa shape index (κ2) is 7.12. The van der Waals surface area contributed by atoms with Crippen LogP contribution >= 0.6 is 11.8 Å². The molecule has 1 atom stereocenters. The molecule has 1 aliphatic heterocycles. The molecule has 0 radical (unpaired) electrons. The second-order valence-corrected chi connectivity index (χ2v) is 8.49. The number of carbonyl (C=O) groups excluding carboxylic acids is 1. The number of rotatable bonds is 6. The lowest BCUT2D eigenvalue weighted by molar-refractivity contribution is -0.143. The van der Waals surface area contributed by atoms with Crippen LogP contribution < -0.4 is 10.0 Å². The lowest BCUT2D eigenvalue weighted by atomic mass is 9.98. The fourth-order valence-corrected chi connectivity index (χ4v) is 4.85. The molecule has 2 rings (SSSR count). The Hall–Kier alpha value is -1.58. The smallest absolute Gasteiger partial charge is 0.330 e. The van der Waals surface area contributed by atoms with Crippen LogP contribution in [0, 0.1) is 6.92 Å². The third-order valence-corrected chi connectivity index (χ3v) is 6.62. The van der Waals surface area contributed by atoms with Crippen molar-refractivity contribution in [3.8, 4) is 0 Å². The Balaban J connectivity index is 2.34. The highest BCUT2D eigenvalue weighted by atomic mass is 32.2. The van der Waals surface area contributed by atoms with Crippen LogP contribution in [0.5, 0.6) is 0 Å². The molecular weight excluding hydrogens is 352 g/mol. The predicted molar refractivity (Wildman–Crippen MR) is 91.8 cm³/mol. The number of carboxylic acid groups (broad SMARTS) is 1. The van der Waals surface area contributed by atoms with Gasteiger partial charge in [0.1, 0.15) is 5.54 Å². The van der Waals surface area contributed by atoms with Gasteiger partial charge in [-0.25, -0.2) is 17.9 Å². The standard InChI is InChI=1S/C15H20N2O5S2/c1-3-16-24(21,22)11-5-4-10(2)12(8-11)13(18)17-15(14(19)20)6-7-23-9-15/h4-5,8,16H,3,6-7,9H2,1-2H3,(H,17,18)(H,19,20). The Labute approximate surface area is 145 Å². The van der Waals surface area contributed by atoms with Crippen molar-refractivity contribution in [3.63, 3.8) is 0 Å². The number of aliphatic carboxylic acids is 1. The normalized spacial score (nSPS) is 20.8. The average Bonchev–Trinajstić information content (AvgIpc) is 2.97. The number of carboxylic acids is 1. The van der Waals surface area contributed by atoms with E-state index >= 15 is 0 Å². The summed E-state index contributed by atoms with van der Waals surface area (Å²) in [5.74, 6) is -0.705. The monoisotopic (exact) mass is 372 g/mol. The van der Waals surface area contributed by atoms with Crippen molar-refractivity contribution in [1.82, 2.24) is 10.0 Å². The molecule has 1 unspecified atom stereocenters. The molecule has 0 spiro atoms. The molecule has 1 aliphatic rings. The molecule has 1 aromatic rings. The van der Waals surface area contributed by atoms with Crippen molar-refractivity contribution >= 4 is 33.7 Å². The number of carbonyl (C=O) groups is 2. The van der Waals surface area contributed by atoms with Crippen LogP contribution in [-0.2, 0) is 14.8 Å². The Morgan fingerprint density at radius 1 is 1.38 bits per heavy atom. The van der Waals surface area contributed by atoms with Crippen LogP contribution in [0.25, 0.3) is 0 Å². The molecule has 0 saturated carbocycles. The highest BCUT2D eigenvalue weighted by Crippen LogP contribution is 2.29. The Morgan fingerprint density at radius 2 is 2.08 bits per heavy atom. The van der Waals surface area contributed by atoms with Crippen LogP contribution in [0.4, 0.5) is 0 Å². The topological polar surface area (TPSA) is 113 Å². The summed E-state index contributed by atoms with van der Waals surface area (Å²) in [6.07, 6.45) is 0.340. The number of aryl methyl sites for hydroxylation is 1. The third kappa shape index (κ3) is 3.73. The van der Waals surface area contributed by atoms with E-state index in [0.29, 0.717) is 23.5 Å². The van der Waals surface area contributed by atoms with Gasteiger partial charge >= 0.3 is 5.97 Å². The van der Waals surface area contributed by atoms with E-state index in [2.05, 4.69) is 10.0 Å². The Kier molecular flexibility index (Phi) is 5.56. The number of nitrogens with one attached hydrogen (secondary N) is 2. The zero-order valence-electron chi connectivity index (χ0n) is 13.5. The summed E-state index contributed by atoms with van der Waals surface area (Å²) in [5, 5.41) is 12.0. The van der Waals surface area contributed by atoms with Gasteiger partial charge in [-0.05, 0) is 36.8 Å². The molecule has 1 saturated heterocycles. The predicted octanol–water partition coefficient (Wildman–Crippen LogP) is 0.983. The molecule has 1 amide bonds. The first kappa shape index (κ1) is 18.8. The quantitative estimate of drug-likeness (QED) is 0.686. The van der Waals surface area contributed by atoms with Gasteiger partial charge in [-0.2, -0.15) is 11.8 Å². The minimum Gasteiger partial charge on any atom is -0.479 e. The summed E-state index contributed by atoms with van der Waals surface area (Å²) in [6, 6.07) is 4.23. The van der Waals surface area contributed by atoms with E-state index in [4.69, 9.17) is 0 Å². The number of hydrogen-bond donors (Lipinski definition) is 3. The van der Waals surface area contributed by atoms with Gasteiger partial charge in [0.2, 0.25) is 10.0 Å². The molecule has 0 bridgehead atoms. The van der Waals surface area contributed by atoms with Gasteiger partial charge in [0, 0.05) is 17.9 Å². The van der Waals surface area contributed by atoms with E-state index in [1.54, 1.807) is 13.8 Å². The van der Waals surface area contributed by atoms with Crippen molar-refractivity contribution < 1.29 is 23.1 Å². The van der Waals surface area contributed by atoms with Gasteiger partial charge < -0.3 is 10.4 Å². The molecule has 9 heteroatoms. The molecular formula is C15H20N2O5S2. The maximum atomic E-state index is 12.6. The lowest BCUT2D eigenvalue weighted by Gasteiger charge is -2.25. The number of thioether (sulfide) groups is 1. The van der Waals surface area contributed by atoms with E-state index in [-0.39, 0.29) is 17.0 Å². The molecule has 1 aromatic carbocycles. The van der Waals surface area contributed by atoms with E-state index < -0.39 is 27.4 Å². The minimum atomic E-state index is -3.69. The number of benzene rings is 1. The summed E-state index contributed by atoms with van der Waals surface area (Å²) in [7, 11) is -3.69. The summed E-state index contributed by atoms with van der Waals surface area (Å²) in [6.45, 7) is 3.57. The zero-order valence-corrected chi connectivity index (χ0v) is 15.1. The van der Waals surface area contributed by atoms with Crippen molar-refractivity contribution in [2.75, 3.05) is 18.1 Å². The zero-order chi connectivity index (χ0) is 18.0. The van der Waals surface area contributed by atoms with Gasteiger partial charge in [0.15, 0.2) is 0 Å². The SMILES string of the molecule is CCNS(=O)(=O)c1ccc(C)c(C(=O)NC2(C(=O)O)CCSC2)c1. The third-order valence-electron chi connectivity index (χ3n) is 3.88. The molecule has 1 heterocycles. The van der Waals surface area contributed by atoms with Gasteiger partial charge in [-0.1, -0.05) is 13.0 Å². The summed E-state index contributed by atoms with van der Waals surface area (Å²) in [4.78, 5) is 24.1. The molecule has 0 aliphatic carbocycles. The summed E-state index contributed by atoms with van der Waals surface area (Å²) < 4.78 is 26.6. The number of amides is 1. The molecule has 24 heavy (non-hydrogen) atoms. The van der Waals surface area contributed by atoms with E-state index in [1.807, 2.05) is 0 Å². The Morgan fingerprint density at radius 3 is 2.62 bits per heavy atom. The first-order chi connectivity index (χ1) is 11.2. The number of hydrogen-bond acceptors (Lipinski definition) is 5. The average molecular weight is 372 g/mol. The van der Waals surface area contributed by atoms with Crippen molar-refractivity contribution in [3.05, 3.63) is 29.3 Å². The fourth-order valence-electron chi connectivity index (χ4n) is 2.46. The molecule has 3 N–H and O–H groups in total. The van der Waals surface area contributed by atoms with Crippen LogP contribution in [0.1, 0.15) is 29.3 Å². The molecule has 0 aromatic heterocycles. The second-order valence-electron chi connectivity index (χ2n) is 5.62. The van der Waals surface area contributed by atoms with Gasteiger partial charge in [0.05, 0.1) is 4.90 Å². The maximum Gasteiger partial charge on any atom is 0.330 e. The van der Waals surface area contributed by atoms with Crippen LogP contribution in [0.2, 0.25) is 0 Å². The van der Waals surface area contributed by atoms with Crippen LogP contribution in [0.15, 0.2) is 23.1 Å². The maximum absolute atomic E-state index is 12.6. The van der Waals surface area contributed by atoms with E-state index in [0.717, 1.165) is 0 Å². The van der Waals surface area contributed by atoms with Crippen molar-refractivity contribution in [2.45, 2.75) is 30.7 Å². The van der Waals surface area contributed by atoms with Crippen LogP contribution in [-0.4, -0.2) is 49.0 Å². The molecule has 1 fully saturated rings. The lowest BCUT2D eigenvalue weighted by Crippen LogP contribution is -2.54. The number of sulfonamides is 1. The first-order valence-corrected chi connectivity index (χ1v) is 10.1. The Bertz CT molecular complexity index is 755. The summed E-state index contributed by atoms with van der Waals surface area (Å²) in [5.41, 5.74) is -0.564. The highest BCUT2D eigenvalue weighted by Gasteiger charge is 2.43. The largest absolute Gasteiger partial charge is 0.479 e. The molecule has 132 valence electrons. The van der Waals surface area contributed by atoms with E-state index in [1.165, 1.54) is 30.0 Å². The van der Waals surface area contributed by atoms with Crippen LogP contribution in [0.3, 0.4) is 0 Å². The van der Waals surface area contributed by atoms with Gasteiger partial charge in [-0.15, -0.1) is 0 Å². The van der Waals surface area contributed by atoms with E-state index in [9.17, 15) is 23.1 Å². The molecule has 7 nitrogen and oxygen atoms in total. The first-order valence-electron chi connectivity index (χ1n) is 7.46. The summed E-state index contributed by atoms with van der Waals surface area (Å²) >= 11 is 1.46. The fraction of sp³-hybridized carbons (Fsp3) is 0.467. The highest BCUT2D eigenvalue weighted by molar-refractivity contribution is 7.99. The van der Waals surface area contributed by atoms with Crippen molar-refractivity contribution in [2.24, 2.45) is 0 Å². The van der Waals surface area contributed by atoms with Crippen molar-refractivity contribution in [1.29, 1.82) is 0 Å². The minimum absolute atomic E-state index is 0.0229.